The van der Waals surface area contributed by atoms with Crippen LogP contribution in [0.2, 0.25) is 0 Å². The fraction of sp³-hybridized carbons (Fsp3) is 0.696. The van der Waals surface area contributed by atoms with Gasteiger partial charge in [0.05, 0.1) is 12.7 Å². The lowest BCUT2D eigenvalue weighted by molar-refractivity contribution is -0.152. The Morgan fingerprint density at radius 1 is 1.27 bits per heavy atom. The van der Waals surface area contributed by atoms with Gasteiger partial charge < -0.3 is 29.5 Å². The molecule has 2 N–H and O–H groups in total. The molecule has 1 saturated carbocycles. The van der Waals surface area contributed by atoms with E-state index in [1.165, 1.54) is 0 Å². The number of nitrogens with zero attached hydrogens (tertiary/aromatic N) is 2. The lowest BCUT2D eigenvalue weighted by Crippen LogP contribution is -2.55. The molecular weight excluding hydrogens is 433 g/mol. The number of amides is 1. The van der Waals surface area contributed by atoms with Crippen LogP contribution in [0.1, 0.15) is 43.6 Å². The third-order valence-corrected chi connectivity index (χ3v) is 6.59. The van der Waals surface area contributed by atoms with Crippen LogP contribution < -0.4 is 15.0 Å². The van der Waals surface area contributed by atoms with Crippen LogP contribution in [0.25, 0.3) is 0 Å². The highest BCUT2D eigenvalue weighted by Gasteiger charge is 2.40. The largest absolute Gasteiger partial charge is 0.476 e. The average Bonchev–Trinajstić information content (AvgIpc) is 3.58. The Kier molecular flexibility index (Phi) is 8.47. The highest BCUT2D eigenvalue weighted by atomic mass is 19.1. The second-order valence-electron chi connectivity index (χ2n) is 8.60. The number of halogens is 1. The summed E-state index contributed by atoms with van der Waals surface area (Å²) in [6, 6.07) is 3.37. The van der Waals surface area contributed by atoms with Crippen molar-refractivity contribution in [3.63, 3.8) is 0 Å². The normalized spacial score (nSPS) is 20.2. The molecule has 2 atom stereocenters. The number of methoxy groups -OCH3 is 1. The van der Waals surface area contributed by atoms with Crippen molar-refractivity contribution in [2.75, 3.05) is 51.6 Å². The highest BCUT2D eigenvalue weighted by Crippen LogP contribution is 2.39. The number of nitrogens with one attached hydrogen (secondary N) is 1. The monoisotopic (exact) mass is 467 g/mol. The van der Waals surface area contributed by atoms with Gasteiger partial charge in [0.2, 0.25) is 5.88 Å². The van der Waals surface area contributed by atoms with E-state index < -0.39 is 24.1 Å². The Morgan fingerprint density at radius 2 is 2.00 bits per heavy atom. The molecule has 1 amide bonds. The second-order valence-corrected chi connectivity index (χ2v) is 8.60. The maximum Gasteiger partial charge on any atom is 0.331 e. The number of pyridine rings is 1. The predicted octanol–water partition coefficient (Wildman–Crippen LogP) is 1.73. The predicted molar refractivity (Wildman–Crippen MR) is 119 cm³/mol. The maximum absolute atomic E-state index is 13.0. The molecule has 9 nitrogen and oxygen atoms in total. The smallest absolute Gasteiger partial charge is 0.331 e. The van der Waals surface area contributed by atoms with Gasteiger partial charge in [0, 0.05) is 26.8 Å². The van der Waals surface area contributed by atoms with Gasteiger partial charge in [-0.3, -0.25) is 4.79 Å². The number of esters is 1. The van der Waals surface area contributed by atoms with E-state index in [9.17, 15) is 19.1 Å². The quantitative estimate of drug-likeness (QED) is 0.422. The van der Waals surface area contributed by atoms with Crippen LogP contribution >= 0.6 is 0 Å². The molecule has 0 spiro atoms. The number of ether oxygens (including phenoxy) is 3. The Balaban J connectivity index is 1.77. The SMILES string of the molecule is CCC(CC)(NC(=O)c1ccc(N2CC(OC)C2)c(OC[C@@H]2C[C@@H]2CO)n1)C(=O)OCCF. The summed E-state index contributed by atoms with van der Waals surface area (Å²) in [5.41, 5.74) is -0.392. The first-order chi connectivity index (χ1) is 15.9. The summed E-state index contributed by atoms with van der Waals surface area (Å²) in [5.74, 6) is -0.360. The van der Waals surface area contributed by atoms with Crippen molar-refractivity contribution >= 4 is 17.6 Å². The molecule has 1 aromatic heterocycles. The number of carbonyl (C=O) groups excluding carboxylic acids is 2. The summed E-state index contributed by atoms with van der Waals surface area (Å²) in [4.78, 5) is 32.1. The molecule has 2 aliphatic rings. The Morgan fingerprint density at radius 3 is 2.58 bits per heavy atom. The van der Waals surface area contributed by atoms with Crippen LogP contribution in [0.15, 0.2) is 12.1 Å². The van der Waals surface area contributed by atoms with Crippen LogP contribution in [0.3, 0.4) is 0 Å². The minimum Gasteiger partial charge on any atom is -0.476 e. The van der Waals surface area contributed by atoms with Gasteiger partial charge in [-0.05, 0) is 43.2 Å². The molecule has 0 unspecified atom stereocenters. The number of carbonyl (C=O) groups is 2. The van der Waals surface area contributed by atoms with Crippen molar-refractivity contribution in [2.45, 2.75) is 44.8 Å². The van der Waals surface area contributed by atoms with Gasteiger partial charge in [0.1, 0.15) is 30.2 Å². The Bertz CT molecular complexity index is 828. The van der Waals surface area contributed by atoms with Crippen molar-refractivity contribution in [3.8, 4) is 5.88 Å². The van der Waals surface area contributed by atoms with Gasteiger partial charge in [0.15, 0.2) is 0 Å². The minimum atomic E-state index is -1.26. The molecular formula is C23H34FN3O6. The zero-order chi connectivity index (χ0) is 24.0. The summed E-state index contributed by atoms with van der Waals surface area (Å²) in [6.07, 6.45) is 1.61. The molecule has 1 aliphatic heterocycles. The zero-order valence-corrected chi connectivity index (χ0v) is 19.5. The van der Waals surface area contributed by atoms with Gasteiger partial charge >= 0.3 is 5.97 Å². The summed E-state index contributed by atoms with van der Waals surface area (Å²) in [7, 11) is 1.67. The van der Waals surface area contributed by atoms with Crippen molar-refractivity contribution in [1.82, 2.24) is 10.3 Å². The minimum absolute atomic E-state index is 0.108. The van der Waals surface area contributed by atoms with Crippen LogP contribution in [-0.4, -0.2) is 80.3 Å². The van der Waals surface area contributed by atoms with Crippen molar-refractivity contribution < 1.29 is 33.3 Å². The van der Waals surface area contributed by atoms with E-state index in [0.29, 0.717) is 25.6 Å². The van der Waals surface area contributed by atoms with Crippen LogP contribution in [0.4, 0.5) is 10.1 Å². The third-order valence-electron chi connectivity index (χ3n) is 6.59. The summed E-state index contributed by atoms with van der Waals surface area (Å²) < 4.78 is 28.8. The number of aliphatic hydroxyl groups excluding tert-OH is 1. The number of hydrogen-bond acceptors (Lipinski definition) is 8. The van der Waals surface area contributed by atoms with Crippen LogP contribution in [0.5, 0.6) is 5.88 Å². The van der Waals surface area contributed by atoms with Crippen molar-refractivity contribution in [1.29, 1.82) is 0 Å². The first-order valence-electron chi connectivity index (χ1n) is 11.5. The van der Waals surface area contributed by atoms with E-state index in [1.807, 2.05) is 0 Å². The molecule has 1 aliphatic carbocycles. The Hall–Kier alpha value is -2.46. The van der Waals surface area contributed by atoms with E-state index in [4.69, 9.17) is 14.2 Å². The summed E-state index contributed by atoms with van der Waals surface area (Å²) in [5, 5.41) is 12.0. The first-order valence-corrected chi connectivity index (χ1v) is 11.5. The molecule has 0 bridgehead atoms. The summed E-state index contributed by atoms with van der Waals surface area (Å²) in [6.45, 7) is 4.30. The molecule has 3 rings (SSSR count). The fourth-order valence-electron chi connectivity index (χ4n) is 3.93. The first kappa shape index (κ1) is 25.2. The third kappa shape index (κ3) is 5.73. The molecule has 184 valence electrons. The number of anilines is 1. The van der Waals surface area contributed by atoms with Crippen LogP contribution in [-0.2, 0) is 14.3 Å². The average molecular weight is 468 g/mol. The topological polar surface area (TPSA) is 110 Å². The van der Waals surface area contributed by atoms with E-state index in [2.05, 4.69) is 15.2 Å². The Labute approximate surface area is 193 Å². The molecule has 0 aromatic carbocycles. The highest BCUT2D eigenvalue weighted by molar-refractivity contribution is 5.97. The number of aromatic nitrogens is 1. The zero-order valence-electron chi connectivity index (χ0n) is 19.5. The lowest BCUT2D eigenvalue weighted by Gasteiger charge is -2.40. The fourth-order valence-corrected chi connectivity index (χ4v) is 3.93. The molecule has 10 heteroatoms. The standard InChI is InChI=1S/C23H34FN3O6/c1-4-23(5-2,22(30)32-9-8-24)26-20(29)18-6-7-19(27-11-17(12-27)31-3)21(25-18)33-14-16-10-15(16)13-28/h6-7,15-17,28H,4-5,8-14H2,1-3H3,(H,26,29)/t15-,16+/m1/s1. The number of hydrogen-bond donors (Lipinski definition) is 2. The van der Waals surface area contributed by atoms with Crippen molar-refractivity contribution in [2.24, 2.45) is 11.8 Å². The van der Waals surface area contributed by atoms with Crippen LogP contribution in [0, 0.1) is 11.8 Å². The molecule has 1 aromatic rings. The molecule has 2 fully saturated rings. The van der Waals surface area contributed by atoms with E-state index >= 15 is 0 Å². The van der Waals surface area contributed by atoms with Gasteiger partial charge in [-0.15, -0.1) is 0 Å². The number of alkyl halides is 1. The summed E-state index contributed by atoms with van der Waals surface area (Å²) >= 11 is 0. The molecule has 0 radical (unpaired) electrons. The van der Waals surface area contributed by atoms with Gasteiger partial charge in [-0.2, -0.15) is 0 Å². The number of aliphatic hydroxyl groups is 1. The lowest BCUT2D eigenvalue weighted by atomic mass is 9.92. The molecule has 33 heavy (non-hydrogen) atoms. The van der Waals surface area contributed by atoms with Crippen molar-refractivity contribution in [3.05, 3.63) is 17.8 Å². The van der Waals surface area contributed by atoms with Gasteiger partial charge in [-0.1, -0.05) is 13.8 Å². The second kappa shape index (κ2) is 11.1. The maximum atomic E-state index is 13.0. The molecule has 1 saturated heterocycles. The van der Waals surface area contributed by atoms with Gasteiger partial charge in [-0.25, -0.2) is 14.2 Å². The number of rotatable bonds is 13. The van der Waals surface area contributed by atoms with E-state index in [1.54, 1.807) is 33.1 Å². The molecule has 2 heterocycles. The van der Waals surface area contributed by atoms with E-state index in [-0.39, 0.29) is 49.7 Å². The van der Waals surface area contributed by atoms with Gasteiger partial charge in [0.25, 0.3) is 5.91 Å². The van der Waals surface area contributed by atoms with E-state index in [0.717, 1.165) is 12.1 Å².